The molecule has 0 aliphatic carbocycles. The molecule has 3 heterocycles. The van der Waals surface area contributed by atoms with Crippen LogP contribution in [0.5, 0.6) is 0 Å². The number of carbonyl (C=O) groups is 1. The summed E-state index contributed by atoms with van der Waals surface area (Å²) in [4.78, 5) is 16.7. The highest BCUT2D eigenvalue weighted by molar-refractivity contribution is 7.08. The standard InChI is InChI=1S/C17H14N4O2S/c1-10-14(20-17(23-10)12-4-5-24-9-12)7-16(22)19-13-3-2-11-8-18-21-15(11)6-13/h2-6,8-9H,7H2,1H3,(H,18,21)(H,19,22). The number of fused-ring (bicyclic) bond motifs is 1. The van der Waals surface area contributed by atoms with Crippen LogP contribution in [-0.2, 0) is 11.2 Å². The lowest BCUT2D eigenvalue weighted by Crippen LogP contribution is -2.15. The van der Waals surface area contributed by atoms with Gasteiger partial charge in [-0.2, -0.15) is 16.4 Å². The number of hydrogen-bond donors (Lipinski definition) is 2. The third kappa shape index (κ3) is 2.81. The van der Waals surface area contributed by atoms with Crippen LogP contribution in [-0.4, -0.2) is 21.1 Å². The van der Waals surface area contributed by atoms with Crippen LogP contribution < -0.4 is 5.32 Å². The molecular formula is C17H14N4O2S. The number of H-pyrrole nitrogens is 1. The predicted molar refractivity (Wildman–Crippen MR) is 93.0 cm³/mol. The number of amides is 1. The molecule has 4 aromatic rings. The molecule has 7 heteroatoms. The van der Waals surface area contributed by atoms with E-state index in [2.05, 4.69) is 20.5 Å². The molecule has 2 N–H and O–H groups in total. The van der Waals surface area contributed by atoms with Crippen molar-refractivity contribution in [2.24, 2.45) is 0 Å². The Morgan fingerprint density at radius 1 is 1.38 bits per heavy atom. The van der Waals surface area contributed by atoms with Crippen molar-refractivity contribution in [1.29, 1.82) is 0 Å². The van der Waals surface area contributed by atoms with Gasteiger partial charge in [-0.1, -0.05) is 0 Å². The Morgan fingerprint density at radius 3 is 3.12 bits per heavy atom. The van der Waals surface area contributed by atoms with Crippen molar-refractivity contribution in [2.45, 2.75) is 13.3 Å². The molecule has 0 unspecified atom stereocenters. The number of nitrogens with one attached hydrogen (secondary N) is 2. The first-order valence-electron chi connectivity index (χ1n) is 7.41. The molecule has 6 nitrogen and oxygen atoms in total. The van der Waals surface area contributed by atoms with Gasteiger partial charge in [-0.3, -0.25) is 9.89 Å². The zero-order valence-electron chi connectivity index (χ0n) is 12.9. The second-order valence-electron chi connectivity index (χ2n) is 5.43. The Bertz CT molecular complexity index is 1000. The van der Waals surface area contributed by atoms with E-state index in [0.717, 1.165) is 22.2 Å². The molecule has 0 radical (unpaired) electrons. The highest BCUT2D eigenvalue weighted by Crippen LogP contribution is 2.24. The third-order valence-corrected chi connectivity index (χ3v) is 4.40. The van der Waals surface area contributed by atoms with E-state index in [4.69, 9.17) is 4.42 Å². The van der Waals surface area contributed by atoms with Crippen molar-refractivity contribution in [3.63, 3.8) is 0 Å². The van der Waals surface area contributed by atoms with E-state index in [-0.39, 0.29) is 12.3 Å². The largest absolute Gasteiger partial charge is 0.441 e. The van der Waals surface area contributed by atoms with Crippen molar-refractivity contribution in [3.05, 3.63) is 52.7 Å². The Kier molecular flexibility index (Phi) is 3.62. The van der Waals surface area contributed by atoms with Gasteiger partial charge in [-0.15, -0.1) is 0 Å². The number of aromatic amines is 1. The van der Waals surface area contributed by atoms with Crippen molar-refractivity contribution in [3.8, 4) is 11.5 Å². The van der Waals surface area contributed by atoms with E-state index >= 15 is 0 Å². The summed E-state index contributed by atoms with van der Waals surface area (Å²) in [6.45, 7) is 1.82. The molecule has 0 saturated heterocycles. The van der Waals surface area contributed by atoms with Crippen LogP contribution in [0.25, 0.3) is 22.4 Å². The molecule has 3 aromatic heterocycles. The highest BCUT2D eigenvalue weighted by Gasteiger charge is 2.15. The molecule has 24 heavy (non-hydrogen) atoms. The van der Waals surface area contributed by atoms with Gasteiger partial charge in [0, 0.05) is 22.0 Å². The first kappa shape index (κ1) is 14.6. The minimum absolute atomic E-state index is 0.137. The Morgan fingerprint density at radius 2 is 2.29 bits per heavy atom. The normalized spacial score (nSPS) is 11.0. The predicted octanol–water partition coefficient (Wildman–Crippen LogP) is 3.77. The molecular weight excluding hydrogens is 324 g/mol. The van der Waals surface area contributed by atoms with Gasteiger partial charge in [0.25, 0.3) is 0 Å². The van der Waals surface area contributed by atoms with Crippen molar-refractivity contribution in [1.82, 2.24) is 15.2 Å². The molecule has 120 valence electrons. The molecule has 1 amide bonds. The number of nitrogens with zero attached hydrogens (tertiary/aromatic N) is 2. The summed E-state index contributed by atoms with van der Waals surface area (Å²) in [6.07, 6.45) is 1.91. The molecule has 0 aliphatic heterocycles. The van der Waals surface area contributed by atoms with Crippen LogP contribution >= 0.6 is 11.3 Å². The van der Waals surface area contributed by atoms with Crippen LogP contribution in [0, 0.1) is 6.92 Å². The van der Waals surface area contributed by atoms with Crippen molar-refractivity contribution in [2.75, 3.05) is 5.32 Å². The monoisotopic (exact) mass is 338 g/mol. The van der Waals surface area contributed by atoms with Crippen LogP contribution in [0.2, 0.25) is 0 Å². The van der Waals surface area contributed by atoms with Gasteiger partial charge in [0.1, 0.15) is 5.76 Å². The van der Waals surface area contributed by atoms with E-state index in [1.807, 2.05) is 41.9 Å². The number of oxazole rings is 1. The zero-order chi connectivity index (χ0) is 16.5. The van der Waals surface area contributed by atoms with E-state index in [1.54, 1.807) is 17.5 Å². The quantitative estimate of drug-likeness (QED) is 0.593. The highest BCUT2D eigenvalue weighted by atomic mass is 32.1. The van der Waals surface area contributed by atoms with Crippen molar-refractivity contribution >= 4 is 33.8 Å². The van der Waals surface area contributed by atoms with Crippen LogP contribution in [0.1, 0.15) is 11.5 Å². The zero-order valence-corrected chi connectivity index (χ0v) is 13.7. The summed E-state index contributed by atoms with van der Waals surface area (Å²) in [5.41, 5.74) is 3.18. The van der Waals surface area contributed by atoms with Gasteiger partial charge in [0.05, 0.1) is 23.8 Å². The molecule has 1 aromatic carbocycles. The summed E-state index contributed by atoms with van der Waals surface area (Å²) in [5, 5.41) is 14.7. The average molecular weight is 338 g/mol. The van der Waals surface area contributed by atoms with E-state index in [0.29, 0.717) is 17.3 Å². The number of hydrogen-bond acceptors (Lipinski definition) is 5. The fourth-order valence-corrected chi connectivity index (χ4v) is 3.10. The molecule has 0 atom stereocenters. The van der Waals surface area contributed by atoms with E-state index < -0.39 is 0 Å². The average Bonchev–Trinajstić information content (AvgIpc) is 3.28. The minimum Gasteiger partial charge on any atom is -0.441 e. The fourth-order valence-electron chi connectivity index (χ4n) is 2.47. The summed E-state index contributed by atoms with van der Waals surface area (Å²) in [5.74, 6) is 1.08. The smallest absolute Gasteiger partial charge is 0.230 e. The number of aromatic nitrogens is 3. The summed E-state index contributed by atoms with van der Waals surface area (Å²) in [7, 11) is 0. The van der Waals surface area contributed by atoms with Gasteiger partial charge in [0.15, 0.2) is 0 Å². The third-order valence-electron chi connectivity index (χ3n) is 3.71. The van der Waals surface area contributed by atoms with E-state index in [9.17, 15) is 4.79 Å². The van der Waals surface area contributed by atoms with Crippen LogP contribution in [0.15, 0.2) is 45.6 Å². The lowest BCUT2D eigenvalue weighted by Gasteiger charge is -2.04. The fraction of sp³-hybridized carbons (Fsp3) is 0.118. The number of rotatable bonds is 4. The van der Waals surface area contributed by atoms with Gasteiger partial charge in [-0.05, 0) is 36.6 Å². The molecule has 0 aliphatic rings. The Balaban J connectivity index is 1.49. The molecule has 4 rings (SSSR count). The summed E-state index contributed by atoms with van der Waals surface area (Å²) >= 11 is 1.58. The van der Waals surface area contributed by atoms with Crippen molar-refractivity contribution < 1.29 is 9.21 Å². The maximum Gasteiger partial charge on any atom is 0.230 e. The van der Waals surface area contributed by atoms with Gasteiger partial charge < -0.3 is 9.73 Å². The number of aryl methyl sites for hydroxylation is 1. The van der Waals surface area contributed by atoms with Gasteiger partial charge in [0.2, 0.25) is 11.8 Å². The number of carbonyl (C=O) groups excluding carboxylic acids is 1. The van der Waals surface area contributed by atoms with Crippen LogP contribution in [0.3, 0.4) is 0 Å². The number of anilines is 1. The lowest BCUT2D eigenvalue weighted by molar-refractivity contribution is -0.115. The molecule has 0 bridgehead atoms. The SMILES string of the molecule is Cc1oc(-c2ccsc2)nc1CC(=O)Nc1ccc2cn[nH]c2c1. The maximum absolute atomic E-state index is 12.3. The van der Waals surface area contributed by atoms with Gasteiger partial charge >= 0.3 is 0 Å². The Labute approximate surface area is 141 Å². The van der Waals surface area contributed by atoms with Crippen LogP contribution in [0.4, 0.5) is 5.69 Å². The summed E-state index contributed by atoms with van der Waals surface area (Å²) in [6, 6.07) is 7.55. The second-order valence-corrected chi connectivity index (χ2v) is 6.21. The number of thiophene rings is 1. The minimum atomic E-state index is -0.137. The first-order valence-corrected chi connectivity index (χ1v) is 8.35. The second kappa shape index (κ2) is 5.93. The Hall–Kier alpha value is -2.93. The maximum atomic E-state index is 12.3. The van der Waals surface area contributed by atoms with E-state index in [1.165, 1.54) is 0 Å². The summed E-state index contributed by atoms with van der Waals surface area (Å²) < 4.78 is 5.66. The molecule has 0 fully saturated rings. The molecule has 0 saturated carbocycles. The van der Waals surface area contributed by atoms with Gasteiger partial charge in [-0.25, -0.2) is 4.98 Å². The first-order chi connectivity index (χ1) is 11.7. The molecule has 0 spiro atoms. The number of benzene rings is 1. The lowest BCUT2D eigenvalue weighted by atomic mass is 10.2. The topological polar surface area (TPSA) is 83.8 Å².